The summed E-state index contributed by atoms with van der Waals surface area (Å²) in [4.78, 5) is 14.8. The van der Waals surface area contributed by atoms with E-state index < -0.39 is 0 Å². The lowest BCUT2D eigenvalue weighted by atomic mass is 10.1. The minimum Gasteiger partial charge on any atom is -0.345 e. The number of carbonyl (C=O) groups is 1. The molecular weight excluding hydrogens is 344 g/mol. The predicted octanol–water partition coefficient (Wildman–Crippen LogP) is 5.23. The average Bonchev–Trinajstić information content (AvgIpc) is 3.13. The third-order valence-corrected chi connectivity index (χ3v) is 4.59. The number of benzene rings is 2. The second kappa shape index (κ2) is 9.75. The first-order valence-corrected chi connectivity index (χ1v) is 9.82. The van der Waals surface area contributed by atoms with Crippen molar-refractivity contribution in [1.29, 1.82) is 0 Å². The van der Waals surface area contributed by atoms with E-state index in [1.54, 1.807) is 6.08 Å². The van der Waals surface area contributed by atoms with Crippen LogP contribution in [0.1, 0.15) is 30.7 Å². The Morgan fingerprint density at radius 1 is 0.964 bits per heavy atom. The maximum atomic E-state index is 12.9. The third kappa shape index (κ3) is 5.71. The molecule has 0 saturated heterocycles. The average molecular weight is 373 g/mol. The lowest BCUT2D eigenvalue weighted by Crippen LogP contribution is -2.33. The Morgan fingerprint density at radius 2 is 1.64 bits per heavy atom. The molecule has 2 aromatic carbocycles. The number of hydrogen-bond acceptors (Lipinski definition) is 1. The first kappa shape index (κ1) is 19.7. The minimum absolute atomic E-state index is 0.0463. The summed E-state index contributed by atoms with van der Waals surface area (Å²) in [5, 5.41) is 0. The van der Waals surface area contributed by atoms with Crippen LogP contribution in [-0.2, 0) is 17.9 Å². The van der Waals surface area contributed by atoms with Gasteiger partial charge in [-0.2, -0.15) is 0 Å². The van der Waals surface area contributed by atoms with E-state index >= 15 is 0 Å². The molecule has 144 valence electrons. The molecule has 28 heavy (non-hydrogen) atoms. The first-order chi connectivity index (χ1) is 13.6. The number of amides is 1. The highest BCUT2D eigenvalue weighted by atomic mass is 16.2. The molecule has 0 fully saturated rings. The van der Waals surface area contributed by atoms with E-state index in [0.29, 0.717) is 12.5 Å². The van der Waals surface area contributed by atoms with Crippen LogP contribution in [0.3, 0.4) is 0 Å². The molecule has 0 radical (unpaired) electrons. The summed E-state index contributed by atoms with van der Waals surface area (Å²) in [5.41, 5.74) is 3.43. The summed E-state index contributed by atoms with van der Waals surface area (Å²) >= 11 is 0. The van der Waals surface area contributed by atoms with Crippen LogP contribution < -0.4 is 0 Å². The van der Waals surface area contributed by atoms with Crippen molar-refractivity contribution in [2.45, 2.75) is 26.9 Å². The van der Waals surface area contributed by atoms with Gasteiger partial charge in [0, 0.05) is 31.1 Å². The number of carbonyl (C=O) groups excluding carboxylic acids is 1. The number of aromatic nitrogens is 1. The van der Waals surface area contributed by atoms with Crippen LogP contribution in [0.15, 0.2) is 85.1 Å². The quantitative estimate of drug-likeness (QED) is 0.497. The van der Waals surface area contributed by atoms with Crippen molar-refractivity contribution >= 4 is 12.0 Å². The van der Waals surface area contributed by atoms with Crippen molar-refractivity contribution in [1.82, 2.24) is 9.47 Å². The van der Waals surface area contributed by atoms with Crippen LogP contribution in [-0.4, -0.2) is 21.9 Å². The van der Waals surface area contributed by atoms with Gasteiger partial charge in [0.15, 0.2) is 0 Å². The van der Waals surface area contributed by atoms with Gasteiger partial charge in [0.1, 0.15) is 0 Å². The second-order valence-corrected chi connectivity index (χ2v) is 7.47. The Bertz CT molecular complexity index is 895. The van der Waals surface area contributed by atoms with Crippen molar-refractivity contribution in [3.63, 3.8) is 0 Å². The SMILES string of the molecule is CC(C)CN(Cc1cccn1Cc1ccccc1)C(=O)/C=C/c1ccccc1. The van der Waals surface area contributed by atoms with E-state index in [-0.39, 0.29) is 5.91 Å². The molecule has 1 heterocycles. The molecule has 0 aliphatic carbocycles. The largest absolute Gasteiger partial charge is 0.345 e. The zero-order valence-electron chi connectivity index (χ0n) is 16.7. The molecule has 0 aliphatic heterocycles. The molecule has 1 amide bonds. The van der Waals surface area contributed by atoms with Gasteiger partial charge in [-0.3, -0.25) is 4.79 Å². The highest BCUT2D eigenvalue weighted by molar-refractivity contribution is 5.91. The zero-order valence-corrected chi connectivity index (χ0v) is 16.7. The molecule has 0 saturated carbocycles. The van der Waals surface area contributed by atoms with Crippen LogP contribution in [0.25, 0.3) is 6.08 Å². The van der Waals surface area contributed by atoms with Gasteiger partial charge in [-0.05, 0) is 35.3 Å². The smallest absolute Gasteiger partial charge is 0.246 e. The van der Waals surface area contributed by atoms with Crippen LogP contribution >= 0.6 is 0 Å². The van der Waals surface area contributed by atoms with Crippen LogP contribution in [0.2, 0.25) is 0 Å². The highest BCUT2D eigenvalue weighted by Gasteiger charge is 2.15. The van der Waals surface area contributed by atoms with E-state index in [1.807, 2.05) is 47.4 Å². The van der Waals surface area contributed by atoms with E-state index in [4.69, 9.17) is 0 Å². The molecule has 3 aromatic rings. The number of nitrogens with zero attached hydrogens (tertiary/aromatic N) is 2. The fourth-order valence-corrected chi connectivity index (χ4v) is 3.23. The maximum absolute atomic E-state index is 12.9. The Labute approximate surface area is 167 Å². The lowest BCUT2D eigenvalue weighted by molar-refractivity contribution is -0.127. The fraction of sp³-hybridized carbons (Fsp3) is 0.240. The maximum Gasteiger partial charge on any atom is 0.246 e. The molecule has 0 atom stereocenters. The molecular formula is C25H28N2O. The standard InChI is InChI=1S/C25H28N2O/c1-21(2)18-27(25(28)16-15-22-10-5-3-6-11-22)20-24-14-9-17-26(24)19-23-12-7-4-8-13-23/h3-17,21H,18-20H2,1-2H3/b16-15+. The van der Waals surface area contributed by atoms with Crippen LogP contribution in [0, 0.1) is 5.92 Å². The van der Waals surface area contributed by atoms with Gasteiger partial charge in [0.2, 0.25) is 5.91 Å². The van der Waals surface area contributed by atoms with Gasteiger partial charge < -0.3 is 9.47 Å². The van der Waals surface area contributed by atoms with Gasteiger partial charge in [-0.25, -0.2) is 0 Å². The van der Waals surface area contributed by atoms with Crippen molar-refractivity contribution < 1.29 is 4.79 Å². The zero-order chi connectivity index (χ0) is 19.8. The van der Waals surface area contributed by atoms with E-state index in [9.17, 15) is 4.79 Å². The van der Waals surface area contributed by atoms with Gasteiger partial charge in [0.25, 0.3) is 0 Å². The summed E-state index contributed by atoms with van der Waals surface area (Å²) < 4.78 is 2.22. The summed E-state index contributed by atoms with van der Waals surface area (Å²) in [5.74, 6) is 0.455. The molecule has 0 bridgehead atoms. The van der Waals surface area contributed by atoms with Gasteiger partial charge in [-0.1, -0.05) is 74.5 Å². The van der Waals surface area contributed by atoms with Crippen molar-refractivity contribution in [3.8, 4) is 0 Å². The molecule has 0 spiro atoms. The highest BCUT2D eigenvalue weighted by Crippen LogP contribution is 2.13. The summed E-state index contributed by atoms with van der Waals surface area (Å²) in [7, 11) is 0. The first-order valence-electron chi connectivity index (χ1n) is 9.82. The Hall–Kier alpha value is -3.07. The molecule has 3 nitrogen and oxygen atoms in total. The van der Waals surface area contributed by atoms with E-state index in [1.165, 1.54) is 5.56 Å². The summed E-state index contributed by atoms with van der Waals surface area (Å²) in [6.45, 7) is 6.44. The molecule has 0 aliphatic rings. The topological polar surface area (TPSA) is 25.2 Å². The number of rotatable bonds is 8. The van der Waals surface area contributed by atoms with Crippen molar-refractivity contribution in [2.75, 3.05) is 6.54 Å². The third-order valence-electron chi connectivity index (χ3n) is 4.59. The van der Waals surface area contributed by atoms with E-state index in [0.717, 1.165) is 24.3 Å². The van der Waals surface area contributed by atoms with Crippen LogP contribution in [0.4, 0.5) is 0 Å². The second-order valence-electron chi connectivity index (χ2n) is 7.47. The molecule has 1 aromatic heterocycles. The predicted molar refractivity (Wildman–Crippen MR) is 116 cm³/mol. The van der Waals surface area contributed by atoms with Crippen molar-refractivity contribution in [2.24, 2.45) is 5.92 Å². The van der Waals surface area contributed by atoms with Crippen molar-refractivity contribution in [3.05, 3.63) is 102 Å². The Morgan fingerprint density at radius 3 is 2.32 bits per heavy atom. The van der Waals surface area contributed by atoms with Crippen LogP contribution in [0.5, 0.6) is 0 Å². The van der Waals surface area contributed by atoms with Gasteiger partial charge in [0.05, 0.1) is 6.54 Å². The van der Waals surface area contributed by atoms with Gasteiger partial charge >= 0.3 is 0 Å². The molecule has 0 N–H and O–H groups in total. The Kier molecular flexibility index (Phi) is 6.85. The monoisotopic (exact) mass is 372 g/mol. The normalized spacial score (nSPS) is 11.2. The lowest BCUT2D eigenvalue weighted by Gasteiger charge is -2.24. The number of hydrogen-bond donors (Lipinski definition) is 0. The van der Waals surface area contributed by atoms with E-state index in [2.05, 4.69) is 61.0 Å². The summed E-state index contributed by atoms with van der Waals surface area (Å²) in [6.07, 6.45) is 5.65. The molecule has 3 rings (SSSR count). The Balaban J connectivity index is 1.73. The summed E-state index contributed by atoms with van der Waals surface area (Å²) in [6, 6.07) is 24.5. The molecule has 0 unspecified atom stereocenters. The van der Waals surface area contributed by atoms with Gasteiger partial charge in [-0.15, -0.1) is 0 Å². The fourth-order valence-electron chi connectivity index (χ4n) is 3.23. The molecule has 3 heteroatoms. The minimum atomic E-state index is 0.0463.